The standard InChI is InChI=1S/C11H4F11/c12-7(10(17,18)19,6-4-2-1-3-5-6)8(13,14)9(15,16)11(20,21)22/h1-4H. The maximum atomic E-state index is 13.9. The fraction of sp³-hybridized carbons (Fsp3) is 0.455. The molecule has 0 fully saturated rings. The molecular formula is C11H4F11. The molecule has 0 N–H and O–H groups in total. The van der Waals surface area contributed by atoms with Crippen LogP contribution in [0.4, 0.5) is 48.3 Å². The number of benzene rings is 1. The van der Waals surface area contributed by atoms with Crippen molar-refractivity contribution in [1.82, 2.24) is 0 Å². The highest BCUT2D eigenvalue weighted by atomic mass is 19.4. The molecule has 0 aliphatic rings. The minimum atomic E-state index is -7.27. The zero-order chi connectivity index (χ0) is 17.6. The summed E-state index contributed by atoms with van der Waals surface area (Å²) < 4.78 is 140. The van der Waals surface area contributed by atoms with Gasteiger partial charge in [-0.05, 0) is 6.07 Å². The van der Waals surface area contributed by atoms with Crippen LogP contribution in [0.15, 0.2) is 24.3 Å². The number of rotatable bonds is 3. The van der Waals surface area contributed by atoms with Gasteiger partial charge in [0, 0.05) is 5.56 Å². The van der Waals surface area contributed by atoms with Crippen molar-refractivity contribution in [2.75, 3.05) is 0 Å². The summed E-state index contributed by atoms with van der Waals surface area (Å²) in [6.07, 6.45) is -13.9. The third-order valence-electron chi connectivity index (χ3n) is 2.65. The van der Waals surface area contributed by atoms with Gasteiger partial charge in [0.1, 0.15) is 0 Å². The Morgan fingerprint density at radius 3 is 1.45 bits per heavy atom. The molecule has 0 aliphatic heterocycles. The van der Waals surface area contributed by atoms with Gasteiger partial charge in [0.15, 0.2) is 0 Å². The molecule has 0 saturated heterocycles. The smallest absolute Gasteiger partial charge is 0.221 e. The average Bonchev–Trinajstić information content (AvgIpc) is 2.35. The number of hydrogen-bond acceptors (Lipinski definition) is 0. The van der Waals surface area contributed by atoms with E-state index in [1.165, 1.54) is 6.07 Å². The summed E-state index contributed by atoms with van der Waals surface area (Å²) in [6.45, 7) is 0. The van der Waals surface area contributed by atoms with Gasteiger partial charge in [-0.1, -0.05) is 24.3 Å². The largest absolute Gasteiger partial charge is 0.460 e. The fourth-order valence-corrected chi connectivity index (χ4v) is 1.50. The maximum Gasteiger partial charge on any atom is 0.460 e. The van der Waals surface area contributed by atoms with Gasteiger partial charge in [-0.3, -0.25) is 0 Å². The molecule has 125 valence electrons. The third-order valence-corrected chi connectivity index (χ3v) is 2.65. The lowest BCUT2D eigenvalue weighted by atomic mass is 9.84. The Balaban J connectivity index is 3.68. The predicted octanol–water partition coefficient (Wildman–Crippen LogP) is 5.05. The molecular weight excluding hydrogens is 341 g/mol. The van der Waals surface area contributed by atoms with E-state index in [-0.39, 0.29) is 6.07 Å². The highest BCUT2D eigenvalue weighted by Crippen LogP contribution is 2.61. The van der Waals surface area contributed by atoms with Crippen molar-refractivity contribution in [2.45, 2.75) is 29.9 Å². The number of halogens is 11. The molecule has 1 unspecified atom stereocenters. The molecule has 1 radical (unpaired) electrons. The Bertz CT molecular complexity index is 513. The lowest BCUT2D eigenvalue weighted by molar-refractivity contribution is -0.415. The summed E-state index contributed by atoms with van der Waals surface area (Å²) in [5.41, 5.74) is -8.49. The van der Waals surface area contributed by atoms with Gasteiger partial charge < -0.3 is 0 Å². The van der Waals surface area contributed by atoms with E-state index in [4.69, 9.17) is 0 Å². The average molecular weight is 345 g/mol. The van der Waals surface area contributed by atoms with Crippen molar-refractivity contribution in [2.24, 2.45) is 0 Å². The second-order valence-corrected chi connectivity index (χ2v) is 4.08. The molecule has 0 heterocycles. The zero-order valence-corrected chi connectivity index (χ0v) is 9.97. The molecule has 22 heavy (non-hydrogen) atoms. The van der Waals surface area contributed by atoms with Crippen molar-refractivity contribution in [3.63, 3.8) is 0 Å². The van der Waals surface area contributed by atoms with Gasteiger partial charge in [-0.25, -0.2) is 4.39 Å². The minimum Gasteiger partial charge on any atom is -0.221 e. The first kappa shape index (κ1) is 18.5. The van der Waals surface area contributed by atoms with E-state index in [9.17, 15) is 48.3 Å². The Morgan fingerprint density at radius 1 is 0.636 bits per heavy atom. The van der Waals surface area contributed by atoms with Crippen molar-refractivity contribution in [3.05, 3.63) is 35.9 Å². The normalized spacial score (nSPS) is 17.2. The monoisotopic (exact) mass is 345 g/mol. The van der Waals surface area contributed by atoms with Crippen LogP contribution in [0.5, 0.6) is 0 Å². The third kappa shape index (κ3) is 2.39. The first-order valence-electron chi connectivity index (χ1n) is 5.16. The lowest BCUT2D eigenvalue weighted by Gasteiger charge is -2.39. The fourth-order valence-electron chi connectivity index (χ4n) is 1.50. The van der Waals surface area contributed by atoms with Crippen LogP contribution in [0.2, 0.25) is 0 Å². The number of alkyl halides is 11. The van der Waals surface area contributed by atoms with Crippen LogP contribution in [0.25, 0.3) is 0 Å². The molecule has 0 aliphatic carbocycles. The summed E-state index contributed by atoms with van der Waals surface area (Å²) in [7, 11) is 0. The van der Waals surface area contributed by atoms with E-state index in [0.717, 1.165) is 6.07 Å². The highest BCUT2D eigenvalue weighted by Gasteiger charge is 2.87. The zero-order valence-electron chi connectivity index (χ0n) is 9.97. The van der Waals surface area contributed by atoms with Gasteiger partial charge in [-0.15, -0.1) is 0 Å². The molecule has 0 aromatic heterocycles. The van der Waals surface area contributed by atoms with Crippen LogP contribution in [0, 0.1) is 6.07 Å². The molecule has 11 heteroatoms. The van der Waals surface area contributed by atoms with Crippen LogP contribution in [-0.2, 0) is 5.67 Å². The van der Waals surface area contributed by atoms with E-state index in [1.807, 2.05) is 0 Å². The van der Waals surface area contributed by atoms with Gasteiger partial charge in [0.25, 0.3) is 5.67 Å². The van der Waals surface area contributed by atoms with E-state index >= 15 is 0 Å². The second kappa shape index (κ2) is 4.98. The topological polar surface area (TPSA) is 0 Å². The van der Waals surface area contributed by atoms with E-state index in [2.05, 4.69) is 0 Å². The molecule has 1 aromatic carbocycles. The van der Waals surface area contributed by atoms with Crippen LogP contribution in [0.3, 0.4) is 0 Å². The van der Waals surface area contributed by atoms with Crippen LogP contribution < -0.4 is 0 Å². The molecule has 1 rings (SSSR count). The number of hydrogen-bond donors (Lipinski definition) is 0. The van der Waals surface area contributed by atoms with Crippen LogP contribution in [-0.4, -0.2) is 24.2 Å². The van der Waals surface area contributed by atoms with Gasteiger partial charge in [0.2, 0.25) is 0 Å². The molecule has 1 aromatic rings. The molecule has 0 bridgehead atoms. The Kier molecular flexibility index (Phi) is 4.19. The molecule has 0 spiro atoms. The first-order chi connectivity index (χ1) is 9.61. The molecule has 0 nitrogen and oxygen atoms in total. The minimum absolute atomic E-state index is 0.0200. The Labute approximate surface area is 115 Å². The van der Waals surface area contributed by atoms with Gasteiger partial charge in [-0.2, -0.15) is 43.9 Å². The van der Waals surface area contributed by atoms with Gasteiger partial charge >= 0.3 is 24.2 Å². The quantitative estimate of drug-likeness (QED) is 0.673. The van der Waals surface area contributed by atoms with E-state index in [1.54, 1.807) is 0 Å². The highest BCUT2D eigenvalue weighted by molar-refractivity contribution is 5.28. The molecule has 1 atom stereocenters. The second-order valence-electron chi connectivity index (χ2n) is 4.08. The summed E-state index contributed by atoms with van der Waals surface area (Å²) in [5, 5.41) is 0. The Morgan fingerprint density at radius 2 is 1.14 bits per heavy atom. The summed E-state index contributed by atoms with van der Waals surface area (Å²) >= 11 is 0. The van der Waals surface area contributed by atoms with E-state index in [0.29, 0.717) is 12.1 Å². The van der Waals surface area contributed by atoms with Crippen LogP contribution >= 0.6 is 0 Å². The summed E-state index contributed by atoms with van der Waals surface area (Å²) in [4.78, 5) is 0. The predicted molar refractivity (Wildman–Crippen MR) is 50.1 cm³/mol. The summed E-state index contributed by atoms with van der Waals surface area (Å²) in [5.74, 6) is -14.4. The summed E-state index contributed by atoms with van der Waals surface area (Å²) in [6, 6.07) is 3.13. The lowest BCUT2D eigenvalue weighted by Crippen LogP contribution is -2.65. The van der Waals surface area contributed by atoms with E-state index < -0.39 is 35.4 Å². The molecule has 0 amide bonds. The van der Waals surface area contributed by atoms with Crippen molar-refractivity contribution >= 4 is 0 Å². The first-order valence-corrected chi connectivity index (χ1v) is 5.16. The van der Waals surface area contributed by atoms with Crippen molar-refractivity contribution in [1.29, 1.82) is 0 Å². The van der Waals surface area contributed by atoms with Gasteiger partial charge in [0.05, 0.1) is 0 Å². The van der Waals surface area contributed by atoms with Crippen LogP contribution in [0.1, 0.15) is 5.56 Å². The Hall–Kier alpha value is -1.55. The van der Waals surface area contributed by atoms with Crippen molar-refractivity contribution < 1.29 is 48.3 Å². The maximum absolute atomic E-state index is 13.9. The SMILES string of the molecule is FC(F)(F)C(F)(F)C(F)(F)C(F)(c1[c]cccc1)C(F)(F)F. The van der Waals surface area contributed by atoms with Crippen molar-refractivity contribution in [3.8, 4) is 0 Å². The molecule has 0 saturated carbocycles.